The molecule has 4 rings (SSSR count). The Morgan fingerprint density at radius 3 is 2.33 bits per heavy atom. The maximum atomic E-state index is 11.9. The summed E-state index contributed by atoms with van der Waals surface area (Å²) in [5, 5.41) is 9.76. The summed E-state index contributed by atoms with van der Waals surface area (Å²) in [6.45, 7) is 1.56. The zero-order valence-corrected chi connectivity index (χ0v) is 17.7. The van der Waals surface area contributed by atoms with E-state index in [0.29, 0.717) is 18.9 Å². The Labute approximate surface area is 177 Å². The molecule has 0 bridgehead atoms. The van der Waals surface area contributed by atoms with Gasteiger partial charge in [0.25, 0.3) is 0 Å². The Morgan fingerprint density at radius 1 is 1.00 bits per heavy atom. The molecule has 6 heteroatoms. The lowest BCUT2D eigenvalue weighted by atomic mass is 9.78. The first-order valence-corrected chi connectivity index (χ1v) is 9.15. The number of rotatable bonds is 4. The zero-order valence-electron chi connectivity index (χ0n) is 15.4. The Bertz CT molecular complexity index is 852. The van der Waals surface area contributed by atoms with Crippen molar-refractivity contribution >= 4 is 41.5 Å². The van der Waals surface area contributed by atoms with Crippen LogP contribution in [0.1, 0.15) is 34.9 Å². The molecule has 142 valence electrons. The summed E-state index contributed by atoms with van der Waals surface area (Å²) >= 11 is 0. The van der Waals surface area contributed by atoms with Crippen LogP contribution in [0.2, 0.25) is 0 Å². The number of carbonyl (C=O) groups is 1. The number of nitrogens with one attached hydrogen (secondary N) is 3. The van der Waals surface area contributed by atoms with Gasteiger partial charge in [-0.2, -0.15) is 0 Å². The molecule has 5 nitrogen and oxygen atoms in total. The number of anilines is 1. The van der Waals surface area contributed by atoms with Crippen LogP contribution >= 0.6 is 24.0 Å². The van der Waals surface area contributed by atoms with E-state index in [4.69, 9.17) is 0 Å². The maximum absolute atomic E-state index is 11.9. The molecule has 1 heterocycles. The number of benzene rings is 2. The fourth-order valence-corrected chi connectivity index (χ4v) is 3.89. The molecule has 3 N–H and O–H groups in total. The number of amides is 1. The maximum Gasteiger partial charge on any atom is 0.225 e. The van der Waals surface area contributed by atoms with Crippen LogP contribution in [0.25, 0.3) is 0 Å². The molecule has 2 aromatic rings. The molecule has 1 amide bonds. The number of para-hydroxylation sites is 1. The van der Waals surface area contributed by atoms with Gasteiger partial charge in [0.05, 0.1) is 0 Å². The number of halogens is 1. The second kappa shape index (κ2) is 8.73. The number of carbonyl (C=O) groups excluding carboxylic acids is 1. The van der Waals surface area contributed by atoms with Gasteiger partial charge in [-0.15, -0.1) is 24.0 Å². The lowest BCUT2D eigenvalue weighted by Gasteiger charge is -2.31. The summed E-state index contributed by atoms with van der Waals surface area (Å²) in [6, 6.07) is 16.6. The summed E-state index contributed by atoms with van der Waals surface area (Å²) in [5.41, 5.74) is 4.99. The van der Waals surface area contributed by atoms with Crippen molar-refractivity contribution < 1.29 is 4.79 Å². The van der Waals surface area contributed by atoms with Crippen LogP contribution < -0.4 is 16.0 Å². The topological polar surface area (TPSA) is 65.5 Å². The predicted molar refractivity (Wildman–Crippen MR) is 120 cm³/mol. The normalized spacial score (nSPS) is 20.3. The van der Waals surface area contributed by atoms with Crippen molar-refractivity contribution in [1.29, 1.82) is 0 Å². The average molecular weight is 476 g/mol. The van der Waals surface area contributed by atoms with Crippen molar-refractivity contribution in [3.63, 3.8) is 0 Å². The van der Waals surface area contributed by atoms with E-state index in [1.807, 2.05) is 18.2 Å². The third kappa shape index (κ3) is 4.26. The van der Waals surface area contributed by atoms with Crippen molar-refractivity contribution in [2.24, 2.45) is 4.99 Å². The molecule has 0 radical (unpaired) electrons. The van der Waals surface area contributed by atoms with E-state index in [1.165, 1.54) is 16.7 Å². The number of aliphatic imine (C=N–C) groups is 1. The van der Waals surface area contributed by atoms with Gasteiger partial charge >= 0.3 is 0 Å². The number of fused-ring (bicyclic) bond motifs is 2. The summed E-state index contributed by atoms with van der Waals surface area (Å²) in [7, 11) is 1.78. The standard InChI is InChI=1S/C21H24N4O.HI/c1-22-21(23-12-15-10-14-6-2-3-7-17(14)15)24-13-16-11-20(26)25-19-9-5-4-8-18(16)19;/h2-9,15-16H,10-13H2,1H3,(H,25,26)(H2,22,23,24);1H. The highest BCUT2D eigenvalue weighted by molar-refractivity contribution is 14.0. The molecule has 0 aromatic heterocycles. The first-order chi connectivity index (χ1) is 12.7. The number of hydrogen-bond donors (Lipinski definition) is 3. The highest BCUT2D eigenvalue weighted by Crippen LogP contribution is 2.34. The van der Waals surface area contributed by atoms with Gasteiger partial charge in [0, 0.05) is 44.1 Å². The lowest BCUT2D eigenvalue weighted by Crippen LogP contribution is -2.43. The van der Waals surface area contributed by atoms with Crippen molar-refractivity contribution in [2.75, 3.05) is 25.5 Å². The lowest BCUT2D eigenvalue weighted by molar-refractivity contribution is -0.116. The minimum Gasteiger partial charge on any atom is -0.356 e. The molecular weight excluding hydrogens is 451 g/mol. The van der Waals surface area contributed by atoms with E-state index < -0.39 is 0 Å². The van der Waals surface area contributed by atoms with Gasteiger partial charge in [0.15, 0.2) is 5.96 Å². The zero-order chi connectivity index (χ0) is 17.9. The van der Waals surface area contributed by atoms with E-state index in [9.17, 15) is 4.79 Å². The number of nitrogens with zero attached hydrogens (tertiary/aromatic N) is 1. The van der Waals surface area contributed by atoms with Crippen molar-refractivity contribution in [3.8, 4) is 0 Å². The van der Waals surface area contributed by atoms with Crippen molar-refractivity contribution in [2.45, 2.75) is 24.7 Å². The summed E-state index contributed by atoms with van der Waals surface area (Å²) in [5.74, 6) is 1.57. The van der Waals surface area contributed by atoms with E-state index in [0.717, 1.165) is 24.6 Å². The molecule has 0 fully saturated rings. The Hall–Kier alpha value is -2.09. The molecule has 1 aliphatic carbocycles. The Kier molecular flexibility index (Phi) is 6.36. The molecule has 1 aliphatic heterocycles. The molecule has 2 aliphatic rings. The van der Waals surface area contributed by atoms with Gasteiger partial charge in [0.2, 0.25) is 5.91 Å². The molecule has 27 heavy (non-hydrogen) atoms. The van der Waals surface area contributed by atoms with E-state index in [2.05, 4.69) is 51.3 Å². The third-order valence-corrected chi connectivity index (χ3v) is 5.32. The first kappa shape index (κ1) is 19.7. The molecule has 0 saturated heterocycles. The van der Waals surface area contributed by atoms with Crippen LogP contribution in [0.4, 0.5) is 5.69 Å². The van der Waals surface area contributed by atoms with Crippen LogP contribution in [0, 0.1) is 0 Å². The monoisotopic (exact) mass is 476 g/mol. The Balaban J connectivity index is 0.00000210. The van der Waals surface area contributed by atoms with Gasteiger partial charge in [-0.3, -0.25) is 9.79 Å². The summed E-state index contributed by atoms with van der Waals surface area (Å²) in [6.07, 6.45) is 1.62. The summed E-state index contributed by atoms with van der Waals surface area (Å²) in [4.78, 5) is 16.3. The molecule has 2 atom stereocenters. The second-order valence-electron chi connectivity index (χ2n) is 6.97. The quantitative estimate of drug-likeness (QED) is 0.361. The second-order valence-corrected chi connectivity index (χ2v) is 6.97. The fourth-order valence-electron chi connectivity index (χ4n) is 3.89. The minimum atomic E-state index is 0. The van der Waals surface area contributed by atoms with Crippen LogP contribution in [0.15, 0.2) is 53.5 Å². The molecule has 2 unspecified atom stereocenters. The van der Waals surface area contributed by atoms with Gasteiger partial charge in [-0.05, 0) is 29.2 Å². The van der Waals surface area contributed by atoms with E-state index in [-0.39, 0.29) is 35.8 Å². The van der Waals surface area contributed by atoms with Crippen LogP contribution in [-0.4, -0.2) is 32.0 Å². The smallest absolute Gasteiger partial charge is 0.225 e. The van der Waals surface area contributed by atoms with Crippen molar-refractivity contribution in [3.05, 3.63) is 65.2 Å². The molecule has 0 spiro atoms. The van der Waals surface area contributed by atoms with Gasteiger partial charge < -0.3 is 16.0 Å². The molecule has 0 saturated carbocycles. The van der Waals surface area contributed by atoms with Gasteiger partial charge in [0.1, 0.15) is 0 Å². The Morgan fingerprint density at radius 2 is 1.63 bits per heavy atom. The number of guanidine groups is 1. The summed E-state index contributed by atoms with van der Waals surface area (Å²) < 4.78 is 0. The van der Waals surface area contributed by atoms with Crippen LogP contribution in [-0.2, 0) is 11.2 Å². The van der Waals surface area contributed by atoms with Crippen molar-refractivity contribution in [1.82, 2.24) is 10.6 Å². The fraction of sp³-hybridized carbons (Fsp3) is 0.333. The average Bonchev–Trinajstić information content (AvgIpc) is 2.64. The largest absolute Gasteiger partial charge is 0.356 e. The first-order valence-electron chi connectivity index (χ1n) is 9.15. The SMILES string of the molecule is CN=C(NCC1Cc2ccccc21)NCC1CC(=O)Nc2ccccc21.I. The van der Waals surface area contributed by atoms with E-state index >= 15 is 0 Å². The predicted octanol–water partition coefficient (Wildman–Crippen LogP) is 3.24. The van der Waals surface area contributed by atoms with Gasteiger partial charge in [-0.1, -0.05) is 42.5 Å². The minimum absolute atomic E-state index is 0. The van der Waals surface area contributed by atoms with E-state index in [1.54, 1.807) is 7.05 Å². The molecule has 2 aromatic carbocycles. The van der Waals surface area contributed by atoms with Crippen LogP contribution in [0.5, 0.6) is 0 Å². The van der Waals surface area contributed by atoms with Crippen LogP contribution in [0.3, 0.4) is 0 Å². The highest BCUT2D eigenvalue weighted by Gasteiger charge is 2.26. The third-order valence-electron chi connectivity index (χ3n) is 5.32. The van der Waals surface area contributed by atoms with Gasteiger partial charge in [-0.25, -0.2) is 0 Å². The highest BCUT2D eigenvalue weighted by atomic mass is 127. The molecular formula is C21H25IN4O. The number of hydrogen-bond acceptors (Lipinski definition) is 2.